The summed E-state index contributed by atoms with van der Waals surface area (Å²) in [4.78, 5) is 35.7. The molecule has 2 amide bonds. The number of alkyl halides is 2. The number of halogens is 2. The number of rotatable bonds is 8. The number of hydrogen-bond donors (Lipinski definition) is 2. The van der Waals surface area contributed by atoms with E-state index < -0.39 is 25.1 Å². The maximum absolute atomic E-state index is 12.2. The Bertz CT molecular complexity index is 858. The van der Waals surface area contributed by atoms with Crippen LogP contribution in [0.4, 0.5) is 14.5 Å². The summed E-state index contributed by atoms with van der Waals surface area (Å²) >= 11 is 0. The van der Waals surface area contributed by atoms with Crippen molar-refractivity contribution in [2.75, 3.05) is 18.5 Å². The Hall–Kier alpha value is -3.49. The van der Waals surface area contributed by atoms with Gasteiger partial charge in [0.05, 0.1) is 5.56 Å². The Labute approximate surface area is 159 Å². The normalized spacial score (nSPS) is 10.3. The lowest BCUT2D eigenvalue weighted by Crippen LogP contribution is -2.23. The minimum Gasteiger partial charge on any atom is -0.452 e. The van der Waals surface area contributed by atoms with Crippen molar-refractivity contribution in [3.05, 3.63) is 59.7 Å². The summed E-state index contributed by atoms with van der Waals surface area (Å²) in [6, 6.07) is 11.3. The highest BCUT2D eigenvalue weighted by molar-refractivity contribution is 5.98. The summed E-state index contributed by atoms with van der Waals surface area (Å²) in [7, 11) is 0. The van der Waals surface area contributed by atoms with Crippen molar-refractivity contribution in [2.24, 2.45) is 0 Å². The molecule has 9 heteroatoms. The lowest BCUT2D eigenvalue weighted by atomic mass is 10.2. The predicted octanol–water partition coefficient (Wildman–Crippen LogP) is 2.83. The van der Waals surface area contributed by atoms with Crippen LogP contribution in [-0.2, 0) is 9.53 Å². The van der Waals surface area contributed by atoms with Crippen LogP contribution < -0.4 is 15.4 Å². The van der Waals surface area contributed by atoms with Crippen molar-refractivity contribution in [3.63, 3.8) is 0 Å². The van der Waals surface area contributed by atoms with Gasteiger partial charge in [0, 0.05) is 17.8 Å². The van der Waals surface area contributed by atoms with E-state index in [2.05, 4.69) is 15.4 Å². The molecule has 2 aromatic carbocycles. The van der Waals surface area contributed by atoms with Gasteiger partial charge in [-0.2, -0.15) is 8.78 Å². The van der Waals surface area contributed by atoms with Crippen LogP contribution in [0.25, 0.3) is 0 Å². The van der Waals surface area contributed by atoms with E-state index in [-0.39, 0.29) is 17.2 Å². The zero-order chi connectivity index (χ0) is 20.5. The second-order valence-corrected chi connectivity index (χ2v) is 5.47. The van der Waals surface area contributed by atoms with Gasteiger partial charge in [-0.05, 0) is 43.3 Å². The third-order valence-electron chi connectivity index (χ3n) is 3.38. The highest BCUT2D eigenvalue weighted by Crippen LogP contribution is 2.16. The molecule has 0 aliphatic rings. The molecule has 2 rings (SSSR count). The van der Waals surface area contributed by atoms with Crippen molar-refractivity contribution in [1.82, 2.24) is 5.32 Å². The summed E-state index contributed by atoms with van der Waals surface area (Å²) < 4.78 is 33.5. The molecule has 0 atom stereocenters. The van der Waals surface area contributed by atoms with Crippen molar-refractivity contribution in [1.29, 1.82) is 0 Å². The van der Waals surface area contributed by atoms with Crippen molar-refractivity contribution < 1.29 is 32.6 Å². The summed E-state index contributed by atoms with van der Waals surface area (Å²) in [5.74, 6) is -1.97. The lowest BCUT2D eigenvalue weighted by Gasteiger charge is -2.09. The number of hydrogen-bond acceptors (Lipinski definition) is 5. The Balaban J connectivity index is 1.91. The van der Waals surface area contributed by atoms with Crippen LogP contribution in [0, 0.1) is 0 Å². The molecule has 0 aliphatic heterocycles. The van der Waals surface area contributed by atoms with Gasteiger partial charge in [-0.15, -0.1) is 0 Å². The largest absolute Gasteiger partial charge is 0.452 e. The molecule has 0 aliphatic carbocycles. The first-order chi connectivity index (χ1) is 13.4. The van der Waals surface area contributed by atoms with Crippen LogP contribution in [0.5, 0.6) is 5.75 Å². The molecule has 0 unspecified atom stereocenters. The molecule has 2 aromatic rings. The number of anilines is 1. The van der Waals surface area contributed by atoms with Crippen LogP contribution in [0.3, 0.4) is 0 Å². The van der Waals surface area contributed by atoms with Crippen LogP contribution in [0.15, 0.2) is 48.5 Å². The second-order valence-electron chi connectivity index (χ2n) is 5.47. The van der Waals surface area contributed by atoms with Gasteiger partial charge in [0.1, 0.15) is 5.75 Å². The number of ether oxygens (including phenoxy) is 2. The van der Waals surface area contributed by atoms with Gasteiger partial charge in [0.15, 0.2) is 6.61 Å². The molecular weight excluding hydrogens is 374 g/mol. The van der Waals surface area contributed by atoms with Crippen LogP contribution in [0.2, 0.25) is 0 Å². The topological polar surface area (TPSA) is 93.7 Å². The average molecular weight is 392 g/mol. The number of nitrogens with one attached hydrogen (secondary N) is 2. The molecule has 0 bridgehead atoms. The molecule has 0 saturated carbocycles. The SMILES string of the molecule is CCNC(=O)c1cccc(NC(=O)COC(=O)c2cccc(OC(F)F)c2)c1. The highest BCUT2D eigenvalue weighted by Gasteiger charge is 2.13. The molecule has 0 spiro atoms. The summed E-state index contributed by atoms with van der Waals surface area (Å²) in [5, 5.41) is 5.14. The number of amides is 2. The summed E-state index contributed by atoms with van der Waals surface area (Å²) in [6.45, 7) is -1.36. The number of carbonyl (C=O) groups is 3. The summed E-state index contributed by atoms with van der Waals surface area (Å²) in [6.07, 6.45) is 0. The van der Waals surface area contributed by atoms with Gasteiger partial charge in [0.2, 0.25) is 0 Å². The number of benzene rings is 2. The van der Waals surface area contributed by atoms with E-state index in [0.717, 1.165) is 6.07 Å². The first kappa shape index (κ1) is 20.8. The minimum atomic E-state index is -3.02. The monoisotopic (exact) mass is 392 g/mol. The molecule has 0 heterocycles. The highest BCUT2D eigenvalue weighted by atomic mass is 19.3. The lowest BCUT2D eigenvalue weighted by molar-refractivity contribution is -0.119. The zero-order valence-corrected chi connectivity index (χ0v) is 14.9. The Morgan fingerprint density at radius 2 is 1.75 bits per heavy atom. The predicted molar refractivity (Wildman–Crippen MR) is 96.4 cm³/mol. The number of carbonyl (C=O) groups excluding carboxylic acids is 3. The summed E-state index contributed by atoms with van der Waals surface area (Å²) in [5.41, 5.74) is 0.689. The fourth-order valence-corrected chi connectivity index (χ4v) is 2.21. The van der Waals surface area contributed by atoms with Gasteiger partial charge < -0.3 is 20.1 Å². The van der Waals surface area contributed by atoms with Gasteiger partial charge in [-0.25, -0.2) is 4.79 Å². The molecule has 0 saturated heterocycles. The van der Waals surface area contributed by atoms with Crippen LogP contribution in [-0.4, -0.2) is 37.5 Å². The van der Waals surface area contributed by atoms with E-state index in [1.807, 2.05) is 0 Å². The molecule has 0 aromatic heterocycles. The number of esters is 1. The molecule has 28 heavy (non-hydrogen) atoms. The molecule has 148 valence electrons. The Kier molecular flexibility index (Phi) is 7.44. The van der Waals surface area contributed by atoms with Crippen molar-refractivity contribution >= 4 is 23.5 Å². The third-order valence-corrected chi connectivity index (χ3v) is 3.38. The zero-order valence-electron chi connectivity index (χ0n) is 14.9. The van der Waals surface area contributed by atoms with Crippen LogP contribution >= 0.6 is 0 Å². The van der Waals surface area contributed by atoms with E-state index in [1.165, 1.54) is 24.3 Å². The first-order valence-corrected chi connectivity index (χ1v) is 8.29. The quantitative estimate of drug-likeness (QED) is 0.674. The first-order valence-electron chi connectivity index (χ1n) is 8.29. The Morgan fingerprint density at radius 3 is 2.46 bits per heavy atom. The molecule has 2 N–H and O–H groups in total. The molecule has 7 nitrogen and oxygen atoms in total. The maximum Gasteiger partial charge on any atom is 0.387 e. The van der Waals surface area contributed by atoms with Crippen molar-refractivity contribution in [3.8, 4) is 5.75 Å². The van der Waals surface area contributed by atoms with E-state index in [4.69, 9.17) is 4.74 Å². The van der Waals surface area contributed by atoms with Gasteiger partial charge in [0.25, 0.3) is 11.8 Å². The van der Waals surface area contributed by atoms with E-state index in [9.17, 15) is 23.2 Å². The Morgan fingerprint density at radius 1 is 1.04 bits per heavy atom. The fraction of sp³-hybridized carbons (Fsp3) is 0.211. The maximum atomic E-state index is 12.2. The van der Waals surface area contributed by atoms with E-state index >= 15 is 0 Å². The third kappa shape index (κ3) is 6.35. The van der Waals surface area contributed by atoms with E-state index in [0.29, 0.717) is 17.8 Å². The smallest absolute Gasteiger partial charge is 0.387 e. The van der Waals surface area contributed by atoms with Crippen molar-refractivity contribution in [2.45, 2.75) is 13.5 Å². The second kappa shape index (κ2) is 10.0. The van der Waals surface area contributed by atoms with E-state index in [1.54, 1.807) is 25.1 Å². The molecular formula is C19H18F2N2O5. The molecule has 0 fully saturated rings. The van der Waals surface area contributed by atoms with Gasteiger partial charge >= 0.3 is 12.6 Å². The standard InChI is InChI=1S/C19H18F2N2O5/c1-2-22-17(25)12-5-3-7-14(9-12)23-16(24)11-27-18(26)13-6-4-8-15(10-13)28-19(20)21/h3-10,19H,2,11H2,1H3,(H,22,25)(H,23,24). The molecule has 0 radical (unpaired) electrons. The van der Waals surface area contributed by atoms with Gasteiger partial charge in [-0.1, -0.05) is 12.1 Å². The van der Waals surface area contributed by atoms with Gasteiger partial charge in [-0.3, -0.25) is 9.59 Å². The van der Waals surface area contributed by atoms with Crippen LogP contribution in [0.1, 0.15) is 27.6 Å². The minimum absolute atomic E-state index is 0.0378. The average Bonchev–Trinajstić information content (AvgIpc) is 2.66. The fourth-order valence-electron chi connectivity index (χ4n) is 2.21.